The molecule has 0 aliphatic carbocycles. The zero-order valence-corrected chi connectivity index (χ0v) is 15.0. The lowest BCUT2D eigenvalue weighted by molar-refractivity contribution is -0.0270. The van der Waals surface area contributed by atoms with Gasteiger partial charge in [0.25, 0.3) is 0 Å². The maximum absolute atomic E-state index is 13.4. The SMILES string of the molecule is O=C(OC12CCCN(C1)/C(=C/c1cccc(Cl)c1)C2)c1cccc(F)c1. The molecule has 2 saturated heterocycles. The fraction of sp³-hybridized carbons (Fsp3) is 0.286. The molecule has 2 aromatic carbocycles. The Bertz CT molecular complexity index is 882. The number of piperidine rings is 1. The lowest BCUT2D eigenvalue weighted by Crippen LogP contribution is -2.42. The average molecular weight is 372 g/mol. The van der Waals surface area contributed by atoms with Crippen LogP contribution in [0.15, 0.2) is 54.2 Å². The maximum atomic E-state index is 13.4. The first kappa shape index (κ1) is 17.1. The summed E-state index contributed by atoms with van der Waals surface area (Å²) < 4.78 is 19.3. The van der Waals surface area contributed by atoms with Gasteiger partial charge in [-0.05, 0) is 54.8 Å². The van der Waals surface area contributed by atoms with Gasteiger partial charge in [0.15, 0.2) is 0 Å². The summed E-state index contributed by atoms with van der Waals surface area (Å²) in [6.45, 7) is 1.63. The third kappa shape index (κ3) is 3.47. The Hall–Kier alpha value is -2.33. The highest BCUT2D eigenvalue weighted by atomic mass is 35.5. The van der Waals surface area contributed by atoms with Gasteiger partial charge in [-0.3, -0.25) is 0 Å². The summed E-state index contributed by atoms with van der Waals surface area (Å²) >= 11 is 6.08. The largest absolute Gasteiger partial charge is 0.453 e. The highest BCUT2D eigenvalue weighted by Crippen LogP contribution is 2.42. The molecule has 0 amide bonds. The maximum Gasteiger partial charge on any atom is 0.338 e. The van der Waals surface area contributed by atoms with Crippen molar-refractivity contribution in [2.75, 3.05) is 13.1 Å². The summed E-state index contributed by atoms with van der Waals surface area (Å²) in [7, 11) is 0. The number of hydrogen-bond acceptors (Lipinski definition) is 3. The first-order valence-electron chi connectivity index (χ1n) is 8.73. The summed E-state index contributed by atoms with van der Waals surface area (Å²) in [5.41, 5.74) is 1.90. The number of ether oxygens (including phenoxy) is 1. The topological polar surface area (TPSA) is 29.5 Å². The second-order valence-corrected chi connectivity index (χ2v) is 7.41. The molecule has 2 aliphatic rings. The Kier molecular flexibility index (Phi) is 4.45. The molecule has 2 bridgehead atoms. The molecule has 0 spiro atoms. The quantitative estimate of drug-likeness (QED) is 0.717. The van der Waals surface area contributed by atoms with E-state index in [-0.39, 0.29) is 5.56 Å². The minimum absolute atomic E-state index is 0.253. The summed E-state index contributed by atoms with van der Waals surface area (Å²) in [4.78, 5) is 14.8. The van der Waals surface area contributed by atoms with Crippen LogP contribution in [0.1, 0.15) is 35.2 Å². The van der Waals surface area contributed by atoms with Gasteiger partial charge < -0.3 is 9.64 Å². The van der Waals surface area contributed by atoms with Crippen molar-refractivity contribution in [2.24, 2.45) is 0 Å². The molecule has 134 valence electrons. The number of hydrogen-bond donors (Lipinski definition) is 0. The van der Waals surface area contributed by atoms with Gasteiger partial charge in [-0.2, -0.15) is 0 Å². The van der Waals surface area contributed by atoms with Gasteiger partial charge in [0.1, 0.15) is 11.4 Å². The predicted octanol–water partition coefficient (Wildman–Crippen LogP) is 4.92. The minimum Gasteiger partial charge on any atom is -0.453 e. The van der Waals surface area contributed by atoms with Crippen LogP contribution < -0.4 is 0 Å². The molecule has 3 nitrogen and oxygen atoms in total. The van der Waals surface area contributed by atoms with Gasteiger partial charge in [-0.15, -0.1) is 0 Å². The van der Waals surface area contributed by atoms with E-state index in [2.05, 4.69) is 11.0 Å². The van der Waals surface area contributed by atoms with Crippen molar-refractivity contribution in [3.8, 4) is 0 Å². The Morgan fingerprint density at radius 2 is 2.08 bits per heavy atom. The Labute approximate surface area is 157 Å². The number of esters is 1. The third-order valence-electron chi connectivity index (χ3n) is 5.00. The van der Waals surface area contributed by atoms with Crippen molar-refractivity contribution in [3.63, 3.8) is 0 Å². The Balaban J connectivity index is 1.56. The van der Waals surface area contributed by atoms with Crippen LogP contribution in [0.4, 0.5) is 4.39 Å². The predicted molar refractivity (Wildman–Crippen MR) is 99.4 cm³/mol. The summed E-state index contributed by atoms with van der Waals surface area (Å²) in [6.07, 6.45) is 4.55. The molecule has 26 heavy (non-hydrogen) atoms. The fourth-order valence-electron chi connectivity index (χ4n) is 3.85. The first-order chi connectivity index (χ1) is 12.5. The molecule has 4 rings (SSSR count). The zero-order chi connectivity index (χ0) is 18.1. The van der Waals surface area contributed by atoms with E-state index < -0.39 is 17.4 Å². The highest BCUT2D eigenvalue weighted by Gasteiger charge is 2.46. The van der Waals surface area contributed by atoms with Gasteiger partial charge in [0, 0.05) is 23.7 Å². The van der Waals surface area contributed by atoms with E-state index >= 15 is 0 Å². The van der Waals surface area contributed by atoms with Crippen LogP contribution in [0, 0.1) is 5.82 Å². The van der Waals surface area contributed by atoms with E-state index in [9.17, 15) is 9.18 Å². The standard InChI is InChI=1S/C21H19ClFNO2/c22-17-6-1-4-15(10-17)11-19-13-21(8-3-9-24(19)14-21)26-20(25)16-5-2-7-18(23)12-16/h1-2,4-7,10-12H,3,8-9,13-14H2/b19-11+. The van der Waals surface area contributed by atoms with Crippen molar-refractivity contribution >= 4 is 23.6 Å². The van der Waals surface area contributed by atoms with Crippen LogP contribution in [0.5, 0.6) is 0 Å². The van der Waals surface area contributed by atoms with Crippen molar-refractivity contribution in [1.82, 2.24) is 4.90 Å². The van der Waals surface area contributed by atoms with E-state index in [4.69, 9.17) is 16.3 Å². The van der Waals surface area contributed by atoms with Crippen molar-refractivity contribution in [3.05, 3.63) is 76.2 Å². The number of rotatable bonds is 3. The van der Waals surface area contributed by atoms with Crippen LogP contribution in [-0.4, -0.2) is 29.6 Å². The van der Waals surface area contributed by atoms with Crippen LogP contribution >= 0.6 is 11.6 Å². The van der Waals surface area contributed by atoms with Crippen LogP contribution in [0.25, 0.3) is 6.08 Å². The van der Waals surface area contributed by atoms with Crippen molar-refractivity contribution in [1.29, 1.82) is 0 Å². The van der Waals surface area contributed by atoms with Gasteiger partial charge in [0.2, 0.25) is 0 Å². The van der Waals surface area contributed by atoms with E-state index in [0.717, 1.165) is 30.6 Å². The number of carbonyl (C=O) groups excluding carboxylic acids is 1. The Morgan fingerprint density at radius 1 is 1.23 bits per heavy atom. The molecule has 2 aliphatic heterocycles. The van der Waals surface area contributed by atoms with E-state index in [1.54, 1.807) is 6.07 Å². The lowest BCUT2D eigenvalue weighted by Gasteiger charge is -2.33. The first-order valence-corrected chi connectivity index (χ1v) is 9.11. The monoisotopic (exact) mass is 371 g/mol. The molecule has 0 saturated carbocycles. The number of benzene rings is 2. The van der Waals surface area contributed by atoms with Gasteiger partial charge in [-0.1, -0.05) is 29.8 Å². The average Bonchev–Trinajstić information content (AvgIpc) is 2.84. The second-order valence-electron chi connectivity index (χ2n) is 6.98. The van der Waals surface area contributed by atoms with Crippen LogP contribution in [-0.2, 0) is 4.74 Å². The normalized spacial score (nSPS) is 23.3. The molecule has 0 N–H and O–H groups in total. The van der Waals surface area contributed by atoms with E-state index in [0.29, 0.717) is 18.0 Å². The van der Waals surface area contributed by atoms with Crippen LogP contribution in [0.2, 0.25) is 5.02 Å². The van der Waals surface area contributed by atoms with E-state index in [1.807, 2.05) is 24.3 Å². The lowest BCUT2D eigenvalue weighted by atomic mass is 9.94. The third-order valence-corrected chi connectivity index (χ3v) is 5.24. The molecule has 1 atom stereocenters. The molecule has 5 heteroatoms. The van der Waals surface area contributed by atoms with Gasteiger partial charge in [-0.25, -0.2) is 9.18 Å². The summed E-state index contributed by atoms with van der Waals surface area (Å²) in [5.74, 6) is -0.898. The smallest absolute Gasteiger partial charge is 0.338 e. The Morgan fingerprint density at radius 3 is 2.88 bits per heavy atom. The molecule has 0 aromatic heterocycles. The second kappa shape index (κ2) is 6.76. The number of fused-ring (bicyclic) bond motifs is 2. The van der Waals surface area contributed by atoms with Crippen molar-refractivity contribution < 1.29 is 13.9 Å². The highest BCUT2D eigenvalue weighted by molar-refractivity contribution is 6.30. The summed E-state index contributed by atoms with van der Waals surface area (Å²) in [5, 5.41) is 0.697. The fourth-order valence-corrected chi connectivity index (χ4v) is 4.05. The molecular weight excluding hydrogens is 353 g/mol. The van der Waals surface area contributed by atoms with Gasteiger partial charge in [0.05, 0.1) is 12.1 Å². The molecule has 0 radical (unpaired) electrons. The molecule has 2 aromatic rings. The van der Waals surface area contributed by atoms with Crippen LogP contribution in [0.3, 0.4) is 0 Å². The minimum atomic E-state index is -0.536. The number of nitrogens with zero attached hydrogens (tertiary/aromatic N) is 1. The molecule has 1 unspecified atom stereocenters. The number of halogens is 2. The van der Waals surface area contributed by atoms with Crippen molar-refractivity contribution in [2.45, 2.75) is 24.9 Å². The molecule has 2 fully saturated rings. The summed E-state index contributed by atoms with van der Waals surface area (Å²) in [6, 6.07) is 13.3. The number of carbonyl (C=O) groups is 1. The zero-order valence-electron chi connectivity index (χ0n) is 14.3. The van der Waals surface area contributed by atoms with E-state index in [1.165, 1.54) is 18.2 Å². The van der Waals surface area contributed by atoms with Gasteiger partial charge >= 0.3 is 5.97 Å². The molecular formula is C21H19ClFNO2. The molecule has 2 heterocycles.